The SMILES string of the molecule is CNC(C(=O)NC(C(=O)N(C)C(C=C(C)C(=O)NS(=O)(=O)CCc1ccc([N+](=O)[O-])cc1)C(C)C)C(C)(C)C)C(C)(C)c1ccccc1. The number of benzene rings is 2. The summed E-state index contributed by atoms with van der Waals surface area (Å²) >= 11 is 0. The summed E-state index contributed by atoms with van der Waals surface area (Å²) in [7, 11) is -0.733. The summed E-state index contributed by atoms with van der Waals surface area (Å²) in [6, 6.07) is 13.0. The van der Waals surface area contributed by atoms with Crippen LogP contribution in [-0.2, 0) is 36.2 Å². The van der Waals surface area contributed by atoms with Gasteiger partial charge in [0.2, 0.25) is 21.8 Å². The van der Waals surface area contributed by atoms with E-state index in [9.17, 15) is 32.9 Å². The van der Waals surface area contributed by atoms with E-state index in [0.29, 0.717) is 5.56 Å². The molecule has 264 valence electrons. The fourth-order valence-corrected chi connectivity index (χ4v) is 6.52. The summed E-state index contributed by atoms with van der Waals surface area (Å²) < 4.78 is 27.5. The highest BCUT2D eigenvalue weighted by molar-refractivity contribution is 7.90. The van der Waals surface area contributed by atoms with Gasteiger partial charge in [-0.3, -0.25) is 24.5 Å². The second kappa shape index (κ2) is 16.3. The number of hydrogen-bond donors (Lipinski definition) is 3. The molecule has 0 aliphatic heterocycles. The van der Waals surface area contributed by atoms with Crippen LogP contribution in [0.15, 0.2) is 66.2 Å². The van der Waals surface area contributed by atoms with E-state index in [0.717, 1.165) is 5.56 Å². The Bertz CT molecular complexity index is 1580. The van der Waals surface area contributed by atoms with E-state index in [1.807, 2.05) is 78.8 Å². The third-order valence-electron chi connectivity index (χ3n) is 8.50. The first-order chi connectivity index (χ1) is 22.1. The topological polar surface area (TPSA) is 168 Å². The molecule has 0 aliphatic rings. The summed E-state index contributed by atoms with van der Waals surface area (Å²) in [6.45, 7) is 14.7. The van der Waals surface area contributed by atoms with Crippen LogP contribution in [-0.4, -0.2) is 73.9 Å². The van der Waals surface area contributed by atoms with E-state index >= 15 is 0 Å². The van der Waals surface area contributed by atoms with Crippen molar-refractivity contribution in [1.82, 2.24) is 20.3 Å². The minimum Gasteiger partial charge on any atom is -0.342 e. The molecular weight excluding hydrogens is 634 g/mol. The number of nitrogens with zero attached hydrogens (tertiary/aromatic N) is 2. The number of sulfonamides is 1. The van der Waals surface area contributed by atoms with E-state index < -0.39 is 55.6 Å². The Morgan fingerprint density at radius 1 is 0.958 bits per heavy atom. The van der Waals surface area contributed by atoms with Crippen LogP contribution in [0.25, 0.3) is 0 Å². The predicted molar refractivity (Wildman–Crippen MR) is 188 cm³/mol. The second-order valence-corrected chi connectivity index (χ2v) is 15.9. The number of carbonyl (C=O) groups excluding carboxylic acids is 3. The molecule has 0 spiro atoms. The summed E-state index contributed by atoms with van der Waals surface area (Å²) in [6.07, 6.45) is 1.60. The average Bonchev–Trinajstić information content (AvgIpc) is 3.00. The molecule has 0 saturated heterocycles. The van der Waals surface area contributed by atoms with E-state index in [-0.39, 0.29) is 35.4 Å². The number of aryl methyl sites for hydroxylation is 1. The largest absolute Gasteiger partial charge is 0.342 e. The van der Waals surface area contributed by atoms with Crippen molar-refractivity contribution in [3.63, 3.8) is 0 Å². The molecule has 0 aliphatic carbocycles. The van der Waals surface area contributed by atoms with Crippen molar-refractivity contribution in [1.29, 1.82) is 0 Å². The number of nitro groups is 1. The second-order valence-electron chi connectivity index (χ2n) is 14.1. The number of rotatable bonds is 15. The highest BCUT2D eigenvalue weighted by Gasteiger charge is 2.41. The molecule has 0 aromatic heterocycles. The van der Waals surface area contributed by atoms with E-state index in [1.54, 1.807) is 20.2 Å². The summed E-state index contributed by atoms with van der Waals surface area (Å²) in [5.41, 5.74) is 0.241. The van der Waals surface area contributed by atoms with Gasteiger partial charge in [0, 0.05) is 30.2 Å². The summed E-state index contributed by atoms with van der Waals surface area (Å²) in [5, 5.41) is 17.0. The maximum absolute atomic E-state index is 14.1. The van der Waals surface area contributed by atoms with Gasteiger partial charge in [-0.15, -0.1) is 0 Å². The quantitative estimate of drug-likeness (QED) is 0.143. The first kappa shape index (κ1) is 40.1. The van der Waals surface area contributed by atoms with Gasteiger partial charge in [0.1, 0.15) is 6.04 Å². The number of nitrogens with one attached hydrogen (secondary N) is 3. The number of carbonyl (C=O) groups is 3. The minimum absolute atomic E-state index is 0.0477. The predicted octanol–water partition coefficient (Wildman–Crippen LogP) is 4.11. The molecule has 3 N–H and O–H groups in total. The fraction of sp³-hybridized carbons (Fsp3) is 0.514. The molecule has 0 fully saturated rings. The molecule has 0 heterocycles. The van der Waals surface area contributed by atoms with Crippen LogP contribution < -0.4 is 15.4 Å². The average molecular weight is 686 g/mol. The fourth-order valence-electron chi connectivity index (χ4n) is 5.47. The Hall–Kier alpha value is -4.10. The molecule has 48 heavy (non-hydrogen) atoms. The molecule has 0 radical (unpaired) electrons. The lowest BCUT2D eigenvalue weighted by atomic mass is 9.76. The Morgan fingerprint density at radius 2 is 1.52 bits per heavy atom. The maximum atomic E-state index is 14.1. The summed E-state index contributed by atoms with van der Waals surface area (Å²) in [5.74, 6) is -2.09. The van der Waals surface area contributed by atoms with Crippen LogP contribution in [0.5, 0.6) is 0 Å². The molecular formula is C35H51N5O7S. The molecule has 13 heteroatoms. The normalized spacial score (nSPS) is 14.5. The van der Waals surface area contributed by atoms with Crippen LogP contribution in [0.4, 0.5) is 5.69 Å². The van der Waals surface area contributed by atoms with Crippen molar-refractivity contribution in [2.24, 2.45) is 11.3 Å². The van der Waals surface area contributed by atoms with Gasteiger partial charge in [0.05, 0.1) is 22.8 Å². The van der Waals surface area contributed by atoms with Gasteiger partial charge in [-0.25, -0.2) is 13.1 Å². The summed E-state index contributed by atoms with van der Waals surface area (Å²) in [4.78, 5) is 52.7. The Kier molecular flexibility index (Phi) is 13.6. The zero-order valence-electron chi connectivity index (χ0n) is 29.7. The lowest BCUT2D eigenvalue weighted by molar-refractivity contribution is -0.384. The van der Waals surface area contributed by atoms with Crippen molar-refractivity contribution >= 4 is 33.4 Å². The van der Waals surface area contributed by atoms with Crippen molar-refractivity contribution in [2.75, 3.05) is 19.8 Å². The third kappa shape index (κ3) is 10.7. The zero-order chi connectivity index (χ0) is 36.6. The molecule has 0 saturated carbocycles. The molecule has 3 unspecified atom stereocenters. The Morgan fingerprint density at radius 3 is 2.00 bits per heavy atom. The Balaban J connectivity index is 2.23. The van der Waals surface area contributed by atoms with Gasteiger partial charge in [0.15, 0.2) is 0 Å². The van der Waals surface area contributed by atoms with Crippen molar-refractivity contribution in [3.05, 3.63) is 87.5 Å². The van der Waals surface area contributed by atoms with Gasteiger partial charge >= 0.3 is 0 Å². The lowest BCUT2D eigenvalue weighted by Crippen LogP contribution is -2.61. The Labute approximate surface area is 285 Å². The molecule has 12 nitrogen and oxygen atoms in total. The molecule has 3 amide bonds. The van der Waals surface area contributed by atoms with Crippen molar-refractivity contribution in [2.45, 2.75) is 85.4 Å². The smallest absolute Gasteiger partial charge is 0.269 e. The van der Waals surface area contributed by atoms with Crippen LogP contribution >= 0.6 is 0 Å². The number of amides is 3. The zero-order valence-corrected chi connectivity index (χ0v) is 30.5. The van der Waals surface area contributed by atoms with E-state index in [4.69, 9.17) is 0 Å². The monoisotopic (exact) mass is 685 g/mol. The number of hydrogen-bond acceptors (Lipinski definition) is 8. The van der Waals surface area contributed by atoms with E-state index in [2.05, 4.69) is 15.4 Å². The highest BCUT2D eigenvalue weighted by atomic mass is 32.2. The molecule has 2 rings (SSSR count). The third-order valence-corrected chi connectivity index (χ3v) is 9.74. The number of likely N-dealkylation sites (N-methyl/N-ethyl adjacent to an activating group) is 2. The molecule has 2 aromatic carbocycles. The van der Waals surface area contributed by atoms with Gasteiger partial charge in [-0.2, -0.15) is 0 Å². The van der Waals surface area contributed by atoms with Gasteiger partial charge < -0.3 is 15.5 Å². The first-order valence-corrected chi connectivity index (χ1v) is 17.5. The lowest BCUT2D eigenvalue weighted by Gasteiger charge is -2.40. The highest BCUT2D eigenvalue weighted by Crippen LogP contribution is 2.29. The number of non-ortho nitro benzene ring substituents is 1. The molecule has 0 bridgehead atoms. The number of nitro benzene ring substituents is 1. The molecule has 3 atom stereocenters. The molecule has 2 aromatic rings. The first-order valence-electron chi connectivity index (χ1n) is 15.9. The van der Waals surface area contributed by atoms with E-state index in [1.165, 1.54) is 36.1 Å². The van der Waals surface area contributed by atoms with Crippen molar-refractivity contribution < 1.29 is 27.7 Å². The van der Waals surface area contributed by atoms with Gasteiger partial charge in [-0.05, 0) is 42.9 Å². The maximum Gasteiger partial charge on any atom is 0.269 e. The van der Waals surface area contributed by atoms with Crippen LogP contribution in [0.2, 0.25) is 0 Å². The van der Waals surface area contributed by atoms with Gasteiger partial charge in [0.25, 0.3) is 11.6 Å². The minimum atomic E-state index is -4.04. The van der Waals surface area contributed by atoms with Crippen molar-refractivity contribution in [3.8, 4) is 0 Å². The standard InChI is InChI=1S/C35H51N5O7S/c1-23(2)28(22-24(3)31(41)38-48(46,47)21-20-25-16-18-27(19-17-25)40(44)45)39(10)33(43)30(34(4,5)6)37-32(42)29(36-9)35(7,8)26-14-12-11-13-15-26/h11-19,22-23,28-30,36H,20-21H2,1-10H3,(H,37,42)(H,38,41). The van der Waals surface area contributed by atoms with Gasteiger partial charge in [-0.1, -0.05) is 97.0 Å². The van der Waals surface area contributed by atoms with Crippen LogP contribution in [0.3, 0.4) is 0 Å². The van der Waals surface area contributed by atoms with Crippen LogP contribution in [0, 0.1) is 21.4 Å². The van der Waals surface area contributed by atoms with Crippen LogP contribution in [0.1, 0.15) is 66.5 Å².